The molecule has 1 atom stereocenters. The molecular weight excluding hydrogens is 478 g/mol. The van der Waals surface area contributed by atoms with E-state index < -0.39 is 4.92 Å². The lowest BCUT2D eigenvalue weighted by atomic mass is 9.72. The molecule has 1 unspecified atom stereocenters. The summed E-state index contributed by atoms with van der Waals surface area (Å²) in [7, 11) is 0. The highest BCUT2D eigenvalue weighted by Crippen LogP contribution is 2.43. The Balaban J connectivity index is 1.34. The molecule has 5 aromatic heterocycles. The summed E-state index contributed by atoms with van der Waals surface area (Å²) in [6.45, 7) is 10.6. The standard InChI is InChI=1S/C24H27N9O2S/c1-13-20(33(34)35)14(2)32(27-13)12-30-9-8-17(28-30)21-26-22-19-16-7-6-15(24(3,4)5)10-18(16)36-23(19)25-11-31(22)29-21/h8-9,11,15H,6-7,10,12H2,1-5H3. The van der Waals surface area contributed by atoms with E-state index in [0.29, 0.717) is 28.8 Å². The first-order valence-electron chi connectivity index (χ1n) is 12.0. The van der Waals surface area contributed by atoms with Gasteiger partial charge in [0.15, 0.2) is 5.65 Å². The molecular formula is C24H27N9O2S. The molecule has 0 N–H and O–H groups in total. The SMILES string of the molecule is Cc1nn(Cn2ccc(-c3nc4c5c6c(sc5ncn4n3)CC(C(C)(C)C)CC6)n2)c(C)c1[N+](=O)[O-]. The van der Waals surface area contributed by atoms with Crippen LogP contribution < -0.4 is 0 Å². The summed E-state index contributed by atoms with van der Waals surface area (Å²) in [5.74, 6) is 1.18. The normalized spacial score (nSPS) is 16.2. The van der Waals surface area contributed by atoms with Gasteiger partial charge >= 0.3 is 5.69 Å². The Morgan fingerprint density at radius 2 is 2.03 bits per heavy atom. The van der Waals surface area contributed by atoms with Crippen molar-refractivity contribution >= 4 is 32.9 Å². The van der Waals surface area contributed by atoms with Crippen LogP contribution in [0.2, 0.25) is 0 Å². The highest BCUT2D eigenvalue weighted by molar-refractivity contribution is 7.19. The van der Waals surface area contributed by atoms with Gasteiger partial charge in [0, 0.05) is 11.1 Å². The lowest BCUT2D eigenvalue weighted by Gasteiger charge is -2.33. The highest BCUT2D eigenvalue weighted by atomic mass is 32.1. The molecule has 0 fully saturated rings. The fraction of sp³-hybridized carbons (Fsp3) is 0.458. The van der Waals surface area contributed by atoms with E-state index in [4.69, 9.17) is 9.97 Å². The predicted molar refractivity (Wildman–Crippen MR) is 136 cm³/mol. The Morgan fingerprint density at radius 3 is 2.75 bits per heavy atom. The molecule has 0 bridgehead atoms. The summed E-state index contributed by atoms with van der Waals surface area (Å²) in [6.07, 6.45) is 6.81. The first-order chi connectivity index (χ1) is 17.1. The van der Waals surface area contributed by atoms with Crippen molar-refractivity contribution in [1.82, 2.24) is 39.1 Å². The summed E-state index contributed by atoms with van der Waals surface area (Å²) in [5, 5.41) is 26.0. The predicted octanol–water partition coefficient (Wildman–Crippen LogP) is 4.58. The van der Waals surface area contributed by atoms with Crippen molar-refractivity contribution in [2.75, 3.05) is 0 Å². The monoisotopic (exact) mass is 505 g/mol. The summed E-state index contributed by atoms with van der Waals surface area (Å²) in [4.78, 5) is 22.9. The molecule has 0 radical (unpaired) electrons. The number of hydrogen-bond acceptors (Lipinski definition) is 8. The van der Waals surface area contributed by atoms with Gasteiger partial charge in [-0.2, -0.15) is 10.2 Å². The summed E-state index contributed by atoms with van der Waals surface area (Å²) in [5.41, 5.74) is 4.00. The Morgan fingerprint density at radius 1 is 1.22 bits per heavy atom. The molecule has 11 nitrogen and oxygen atoms in total. The number of hydrogen-bond donors (Lipinski definition) is 0. The first kappa shape index (κ1) is 22.8. The van der Waals surface area contributed by atoms with Gasteiger partial charge in [0.25, 0.3) is 0 Å². The van der Waals surface area contributed by atoms with Crippen LogP contribution in [0.25, 0.3) is 27.4 Å². The molecule has 1 aliphatic rings. The van der Waals surface area contributed by atoms with Crippen LogP contribution in [-0.4, -0.2) is 44.1 Å². The van der Waals surface area contributed by atoms with E-state index in [-0.39, 0.29) is 17.8 Å². The van der Waals surface area contributed by atoms with E-state index in [2.05, 4.69) is 36.1 Å². The van der Waals surface area contributed by atoms with Crippen molar-refractivity contribution < 1.29 is 4.92 Å². The molecule has 0 aliphatic heterocycles. The minimum absolute atomic E-state index is 0.0360. The van der Waals surface area contributed by atoms with Crippen molar-refractivity contribution in [3.05, 3.63) is 50.5 Å². The van der Waals surface area contributed by atoms with Crippen LogP contribution in [0.5, 0.6) is 0 Å². The Kier molecular flexibility index (Phi) is 5.01. The lowest BCUT2D eigenvalue weighted by Crippen LogP contribution is -2.26. The van der Waals surface area contributed by atoms with Crippen LogP contribution in [0.3, 0.4) is 0 Å². The topological polar surface area (TPSA) is 122 Å². The van der Waals surface area contributed by atoms with Crippen molar-refractivity contribution in [3.63, 3.8) is 0 Å². The van der Waals surface area contributed by atoms with Gasteiger partial charge in [-0.3, -0.25) is 14.8 Å². The molecule has 0 aromatic carbocycles. The molecule has 0 spiro atoms. The average Bonchev–Trinajstić information content (AvgIpc) is 3.56. The lowest BCUT2D eigenvalue weighted by molar-refractivity contribution is -0.386. The third-order valence-electron chi connectivity index (χ3n) is 7.29. The number of nitrogens with zero attached hydrogens (tertiary/aromatic N) is 9. The zero-order valence-corrected chi connectivity index (χ0v) is 21.7. The van der Waals surface area contributed by atoms with Gasteiger partial charge in [-0.1, -0.05) is 20.8 Å². The number of thiophene rings is 1. The van der Waals surface area contributed by atoms with Gasteiger partial charge in [-0.05, 0) is 56.1 Å². The van der Waals surface area contributed by atoms with Crippen LogP contribution in [0.4, 0.5) is 5.69 Å². The van der Waals surface area contributed by atoms with Gasteiger partial charge in [-0.15, -0.1) is 16.4 Å². The largest absolute Gasteiger partial charge is 0.312 e. The number of nitro groups is 1. The summed E-state index contributed by atoms with van der Waals surface area (Å²) < 4.78 is 5.00. The van der Waals surface area contributed by atoms with Crippen LogP contribution in [-0.2, 0) is 19.5 Å². The second-order valence-corrected chi connectivity index (χ2v) is 11.7. The maximum Gasteiger partial charge on any atom is 0.312 e. The number of rotatable bonds is 4. The van der Waals surface area contributed by atoms with Crippen molar-refractivity contribution in [2.24, 2.45) is 11.3 Å². The molecule has 5 aromatic rings. The van der Waals surface area contributed by atoms with Gasteiger partial charge in [0.05, 0.1) is 10.3 Å². The van der Waals surface area contributed by atoms with E-state index in [1.807, 2.05) is 6.07 Å². The molecule has 0 amide bonds. The van der Waals surface area contributed by atoms with Crippen LogP contribution in [0.1, 0.15) is 49.0 Å². The maximum atomic E-state index is 11.3. The molecule has 36 heavy (non-hydrogen) atoms. The minimum Gasteiger partial charge on any atom is -0.258 e. The average molecular weight is 506 g/mol. The summed E-state index contributed by atoms with van der Waals surface area (Å²) in [6, 6.07) is 1.84. The van der Waals surface area contributed by atoms with Gasteiger partial charge in [-0.25, -0.2) is 19.2 Å². The highest BCUT2D eigenvalue weighted by Gasteiger charge is 2.32. The van der Waals surface area contributed by atoms with Gasteiger partial charge in [0.2, 0.25) is 5.82 Å². The third-order valence-corrected chi connectivity index (χ3v) is 8.45. The van der Waals surface area contributed by atoms with Crippen LogP contribution in [0.15, 0.2) is 18.6 Å². The van der Waals surface area contributed by atoms with E-state index in [9.17, 15) is 10.1 Å². The van der Waals surface area contributed by atoms with Crippen molar-refractivity contribution in [3.8, 4) is 11.5 Å². The van der Waals surface area contributed by atoms with Gasteiger partial charge < -0.3 is 0 Å². The van der Waals surface area contributed by atoms with E-state index in [1.54, 1.807) is 51.6 Å². The van der Waals surface area contributed by atoms with E-state index in [0.717, 1.165) is 28.7 Å². The molecule has 0 saturated heterocycles. The first-order valence-corrected chi connectivity index (χ1v) is 12.8. The molecule has 186 valence electrons. The van der Waals surface area contributed by atoms with Crippen LogP contribution >= 0.6 is 11.3 Å². The van der Waals surface area contributed by atoms with E-state index >= 15 is 0 Å². The number of aromatic nitrogens is 8. The van der Waals surface area contributed by atoms with E-state index in [1.165, 1.54) is 16.9 Å². The van der Waals surface area contributed by atoms with Crippen molar-refractivity contribution in [2.45, 2.75) is 60.5 Å². The quantitative estimate of drug-likeness (QED) is 0.259. The Hall–Kier alpha value is -3.67. The molecule has 1 aliphatic carbocycles. The summed E-state index contributed by atoms with van der Waals surface area (Å²) >= 11 is 1.78. The second-order valence-electron chi connectivity index (χ2n) is 10.6. The molecule has 12 heteroatoms. The maximum absolute atomic E-state index is 11.3. The fourth-order valence-corrected chi connectivity index (χ4v) is 6.47. The Bertz CT molecular complexity index is 1650. The second kappa shape index (κ2) is 7.92. The third kappa shape index (κ3) is 3.58. The number of fused-ring (bicyclic) bond motifs is 5. The molecule has 6 rings (SSSR count). The fourth-order valence-electron chi connectivity index (χ4n) is 5.21. The number of aryl methyl sites for hydroxylation is 2. The Labute approximate surface area is 210 Å². The molecule has 0 saturated carbocycles. The minimum atomic E-state index is -0.398. The van der Waals surface area contributed by atoms with Crippen LogP contribution in [0, 0.1) is 35.3 Å². The zero-order valence-electron chi connectivity index (χ0n) is 20.9. The van der Waals surface area contributed by atoms with Crippen molar-refractivity contribution in [1.29, 1.82) is 0 Å². The zero-order chi connectivity index (χ0) is 25.4. The van der Waals surface area contributed by atoms with Gasteiger partial charge in [0.1, 0.15) is 34.9 Å². The molecule has 5 heterocycles. The smallest absolute Gasteiger partial charge is 0.258 e.